The van der Waals surface area contributed by atoms with Gasteiger partial charge in [0.05, 0.1) is 9.85 Å². The maximum atomic E-state index is 12.4. The molecule has 136 valence electrons. The van der Waals surface area contributed by atoms with Crippen LogP contribution in [0.2, 0.25) is 0 Å². The third kappa shape index (κ3) is 2.88. The first kappa shape index (κ1) is 17.7. The molecule has 0 aliphatic heterocycles. The van der Waals surface area contributed by atoms with Gasteiger partial charge in [-0.15, -0.1) is 0 Å². The van der Waals surface area contributed by atoms with Gasteiger partial charge in [-0.3, -0.25) is 25.0 Å². The first-order valence-electron chi connectivity index (χ1n) is 7.60. The van der Waals surface area contributed by atoms with Crippen molar-refractivity contribution in [2.24, 2.45) is 0 Å². The number of nitro groups is 2. The molecule has 3 rings (SSSR count). The molecular formula is C17H12N4O6. The summed E-state index contributed by atoms with van der Waals surface area (Å²) in [5.74, 6) is -1.22. The number of nitrogens with one attached hydrogen (secondary N) is 1. The molecule has 0 spiro atoms. The minimum atomic E-state index is -1.83. The monoisotopic (exact) mass is 368 g/mol. The highest BCUT2D eigenvalue weighted by atomic mass is 16.6. The molecule has 0 atom stereocenters. The maximum absolute atomic E-state index is 12.4. The number of aliphatic carboxylic acids is 1. The molecular weight excluding hydrogens is 356 g/mol. The van der Waals surface area contributed by atoms with Gasteiger partial charge in [-0.1, -0.05) is 24.3 Å². The Morgan fingerprint density at radius 3 is 1.67 bits per heavy atom. The van der Waals surface area contributed by atoms with E-state index in [-0.39, 0.29) is 28.3 Å². The van der Waals surface area contributed by atoms with Crippen LogP contribution in [0.3, 0.4) is 0 Å². The number of benzene rings is 2. The number of hydrogen-bond donors (Lipinski definition) is 2. The van der Waals surface area contributed by atoms with Crippen molar-refractivity contribution in [1.82, 2.24) is 9.97 Å². The second-order valence-corrected chi connectivity index (χ2v) is 5.60. The average Bonchev–Trinajstić information content (AvgIpc) is 3.18. The third-order valence-corrected chi connectivity index (χ3v) is 4.20. The fraction of sp³-hybridized carbons (Fsp3) is 0.0588. The molecule has 0 saturated carbocycles. The fourth-order valence-corrected chi connectivity index (χ4v) is 2.92. The van der Waals surface area contributed by atoms with Crippen LogP contribution >= 0.6 is 0 Å². The van der Waals surface area contributed by atoms with E-state index in [0.29, 0.717) is 0 Å². The molecule has 0 radical (unpaired) electrons. The van der Waals surface area contributed by atoms with Gasteiger partial charge in [0, 0.05) is 36.7 Å². The van der Waals surface area contributed by atoms with Gasteiger partial charge in [-0.25, -0.2) is 4.98 Å². The second-order valence-electron chi connectivity index (χ2n) is 5.60. The Balaban J connectivity index is 2.27. The topological polar surface area (TPSA) is 152 Å². The predicted octanol–water partition coefficient (Wildman–Crippen LogP) is 2.65. The van der Waals surface area contributed by atoms with Crippen molar-refractivity contribution in [2.45, 2.75) is 5.41 Å². The quantitative estimate of drug-likeness (QED) is 0.501. The summed E-state index contributed by atoms with van der Waals surface area (Å²) in [5, 5.41) is 31.9. The Morgan fingerprint density at radius 2 is 1.37 bits per heavy atom. The Bertz CT molecular complexity index is 939. The molecule has 10 heteroatoms. The summed E-state index contributed by atoms with van der Waals surface area (Å²) in [4.78, 5) is 39.9. The van der Waals surface area contributed by atoms with Crippen molar-refractivity contribution in [3.05, 3.63) is 98.1 Å². The lowest BCUT2D eigenvalue weighted by molar-refractivity contribution is -0.385. The van der Waals surface area contributed by atoms with E-state index >= 15 is 0 Å². The molecule has 0 aliphatic rings. The summed E-state index contributed by atoms with van der Waals surface area (Å²) in [6.07, 6.45) is 2.83. The van der Waals surface area contributed by atoms with Crippen LogP contribution < -0.4 is 0 Å². The highest BCUT2D eigenvalue weighted by Crippen LogP contribution is 2.39. The number of imidazole rings is 1. The predicted molar refractivity (Wildman–Crippen MR) is 92.3 cm³/mol. The minimum absolute atomic E-state index is 0.0673. The molecule has 1 heterocycles. The van der Waals surface area contributed by atoms with Gasteiger partial charge >= 0.3 is 5.97 Å². The highest BCUT2D eigenvalue weighted by Gasteiger charge is 2.47. The van der Waals surface area contributed by atoms with Crippen molar-refractivity contribution in [1.29, 1.82) is 0 Å². The van der Waals surface area contributed by atoms with Crippen molar-refractivity contribution in [3.8, 4) is 0 Å². The molecule has 0 unspecified atom stereocenters. The molecule has 3 aromatic rings. The number of carbonyl (C=O) groups is 1. The lowest BCUT2D eigenvalue weighted by atomic mass is 9.73. The van der Waals surface area contributed by atoms with Gasteiger partial charge in [-0.2, -0.15) is 0 Å². The lowest BCUT2D eigenvalue weighted by Gasteiger charge is -2.28. The largest absolute Gasteiger partial charge is 0.480 e. The van der Waals surface area contributed by atoms with E-state index in [1.807, 2.05) is 0 Å². The maximum Gasteiger partial charge on any atom is 0.326 e. The summed E-state index contributed by atoms with van der Waals surface area (Å²) < 4.78 is 0. The summed E-state index contributed by atoms with van der Waals surface area (Å²) in [6.45, 7) is 0. The van der Waals surface area contributed by atoms with E-state index in [4.69, 9.17) is 0 Å². The van der Waals surface area contributed by atoms with Crippen LogP contribution in [0, 0.1) is 20.2 Å². The lowest BCUT2D eigenvalue weighted by Crippen LogP contribution is -2.39. The standard InChI is InChI=1S/C17H12N4O6/c22-16(23)17(15-18-9-10-19-15,11-1-5-13(6-2-11)20(24)25)12-3-7-14(8-4-12)21(26)27/h1-10H,(H,18,19)(H,22,23). The molecule has 0 aliphatic carbocycles. The molecule has 0 amide bonds. The van der Waals surface area contributed by atoms with E-state index in [1.54, 1.807) is 0 Å². The molecule has 10 nitrogen and oxygen atoms in total. The van der Waals surface area contributed by atoms with Crippen molar-refractivity contribution < 1.29 is 19.7 Å². The van der Waals surface area contributed by atoms with Gasteiger partial charge < -0.3 is 10.1 Å². The number of nitro benzene ring substituents is 2. The number of nitrogens with zero attached hydrogens (tertiary/aromatic N) is 3. The summed E-state index contributed by atoms with van der Waals surface area (Å²) in [7, 11) is 0. The van der Waals surface area contributed by atoms with Crippen molar-refractivity contribution in [3.63, 3.8) is 0 Å². The first-order chi connectivity index (χ1) is 12.9. The zero-order chi connectivity index (χ0) is 19.6. The highest BCUT2D eigenvalue weighted by molar-refractivity contribution is 5.89. The van der Waals surface area contributed by atoms with Crippen LogP contribution in [0.25, 0.3) is 0 Å². The first-order valence-corrected chi connectivity index (χ1v) is 7.60. The number of hydrogen-bond acceptors (Lipinski definition) is 6. The van der Waals surface area contributed by atoms with Crippen molar-refractivity contribution >= 4 is 17.3 Å². The van der Waals surface area contributed by atoms with Crippen LogP contribution in [0.1, 0.15) is 17.0 Å². The molecule has 0 bridgehead atoms. The van der Waals surface area contributed by atoms with Crippen LogP contribution in [-0.2, 0) is 10.2 Å². The van der Waals surface area contributed by atoms with E-state index in [2.05, 4.69) is 9.97 Å². The van der Waals surface area contributed by atoms with E-state index in [9.17, 15) is 30.1 Å². The van der Waals surface area contributed by atoms with Crippen molar-refractivity contribution in [2.75, 3.05) is 0 Å². The minimum Gasteiger partial charge on any atom is -0.480 e. The molecule has 2 N–H and O–H groups in total. The molecule has 1 aromatic heterocycles. The second kappa shape index (κ2) is 6.67. The van der Waals surface area contributed by atoms with Gasteiger partial charge in [0.25, 0.3) is 11.4 Å². The number of non-ortho nitro benzene ring substituents is 2. The third-order valence-electron chi connectivity index (χ3n) is 4.20. The van der Waals surface area contributed by atoms with Crippen LogP contribution in [0.4, 0.5) is 11.4 Å². The summed E-state index contributed by atoms with van der Waals surface area (Å²) >= 11 is 0. The fourth-order valence-electron chi connectivity index (χ4n) is 2.92. The molecule has 2 aromatic carbocycles. The average molecular weight is 368 g/mol. The van der Waals surface area contributed by atoms with Crippen LogP contribution in [0.5, 0.6) is 0 Å². The zero-order valence-corrected chi connectivity index (χ0v) is 13.6. The van der Waals surface area contributed by atoms with Gasteiger partial charge in [0.2, 0.25) is 0 Å². The Labute approximate surface area is 151 Å². The van der Waals surface area contributed by atoms with E-state index in [0.717, 1.165) is 0 Å². The number of aromatic nitrogens is 2. The SMILES string of the molecule is O=C(O)C(c1ccc([N+](=O)[O-])cc1)(c1ccc([N+](=O)[O-])cc1)c1ncc[nH]1. The Morgan fingerprint density at radius 1 is 0.926 bits per heavy atom. The smallest absolute Gasteiger partial charge is 0.326 e. The number of rotatable bonds is 6. The normalized spacial score (nSPS) is 11.1. The Hall–Kier alpha value is -4.08. The Kier molecular flexibility index (Phi) is 4.38. The van der Waals surface area contributed by atoms with Gasteiger partial charge in [0.15, 0.2) is 5.41 Å². The van der Waals surface area contributed by atoms with Crippen LogP contribution in [0.15, 0.2) is 60.9 Å². The molecule has 27 heavy (non-hydrogen) atoms. The number of carboxylic acids is 1. The van der Waals surface area contributed by atoms with Gasteiger partial charge in [0.1, 0.15) is 5.82 Å². The summed E-state index contributed by atoms with van der Waals surface area (Å²) in [6, 6.07) is 10.1. The molecule has 0 saturated heterocycles. The number of carboxylic acid groups (broad SMARTS) is 1. The number of aromatic amines is 1. The zero-order valence-electron chi connectivity index (χ0n) is 13.6. The van der Waals surface area contributed by atoms with E-state index in [1.165, 1.54) is 60.9 Å². The number of H-pyrrole nitrogens is 1. The van der Waals surface area contributed by atoms with Crippen LogP contribution in [-0.4, -0.2) is 30.9 Å². The summed E-state index contributed by atoms with van der Waals surface area (Å²) in [5.41, 5.74) is -1.79. The van der Waals surface area contributed by atoms with Gasteiger partial charge in [-0.05, 0) is 11.1 Å². The van der Waals surface area contributed by atoms with E-state index < -0.39 is 21.2 Å². The molecule has 0 fully saturated rings.